The summed E-state index contributed by atoms with van der Waals surface area (Å²) in [5, 5.41) is 9.78. The lowest BCUT2D eigenvalue weighted by molar-refractivity contribution is -0.129. The van der Waals surface area contributed by atoms with Gasteiger partial charge in [-0.2, -0.15) is 0 Å². The third-order valence-corrected chi connectivity index (χ3v) is 5.97. The number of hydrogen-bond acceptors (Lipinski definition) is 5. The topological polar surface area (TPSA) is 76.7 Å². The molecular formula is C25H36ClN5O2. The zero-order valence-electron chi connectivity index (χ0n) is 20.1. The van der Waals surface area contributed by atoms with E-state index in [1.165, 1.54) is 0 Å². The maximum absolute atomic E-state index is 12.8. The van der Waals surface area contributed by atoms with E-state index in [1.54, 1.807) is 0 Å². The van der Waals surface area contributed by atoms with E-state index in [2.05, 4.69) is 26.9 Å². The van der Waals surface area contributed by atoms with Crippen molar-refractivity contribution in [2.45, 2.75) is 33.7 Å². The average molecular weight is 474 g/mol. The van der Waals surface area contributed by atoms with Gasteiger partial charge in [0.1, 0.15) is 0 Å². The number of amides is 2. The molecule has 1 saturated heterocycles. The summed E-state index contributed by atoms with van der Waals surface area (Å²) in [5.41, 5.74) is 4.96. The summed E-state index contributed by atoms with van der Waals surface area (Å²) in [6.07, 6.45) is 1.60. The molecule has 2 amide bonds. The largest absolute Gasteiger partial charge is 0.388 e. The Bertz CT molecular complexity index is 922. The molecule has 1 aliphatic rings. The van der Waals surface area contributed by atoms with E-state index in [-0.39, 0.29) is 12.5 Å². The van der Waals surface area contributed by atoms with Crippen molar-refractivity contribution in [3.8, 4) is 0 Å². The van der Waals surface area contributed by atoms with Crippen molar-refractivity contribution in [2.75, 3.05) is 55.3 Å². The summed E-state index contributed by atoms with van der Waals surface area (Å²) in [6.45, 7) is 9.82. The fraction of sp³-hybridized carbons (Fsp3) is 0.440. The minimum atomic E-state index is 0.0828. The van der Waals surface area contributed by atoms with Crippen molar-refractivity contribution < 1.29 is 9.59 Å². The molecule has 0 aliphatic carbocycles. The molecule has 2 aromatic carbocycles. The molecule has 33 heavy (non-hydrogen) atoms. The van der Waals surface area contributed by atoms with Crippen molar-refractivity contribution in [2.24, 2.45) is 0 Å². The third kappa shape index (κ3) is 7.56. The normalized spacial score (nSPS) is 13.4. The Balaban J connectivity index is 0.00000187. The maximum Gasteiger partial charge on any atom is 0.241 e. The Morgan fingerprint density at radius 1 is 1.09 bits per heavy atom. The summed E-state index contributed by atoms with van der Waals surface area (Å²) >= 11 is 6.15. The molecule has 1 fully saturated rings. The standard InChI is InChI=1S/C23H30ClN5O2.C2H6/c1-17-12-20(5-6-21(17)24)28-8-3-9-29(11-10-28)23(31)15-27-19-4-7-22(25-2)18(13-19)14-26-16-30;1-2/h4-7,12-13,16,25,27H,3,8-11,14-15H2,1-2H3,(H,26,30);1-2H3. The number of hydrogen-bond donors (Lipinski definition) is 3. The summed E-state index contributed by atoms with van der Waals surface area (Å²) in [6, 6.07) is 11.9. The van der Waals surface area contributed by atoms with Crippen LogP contribution in [-0.4, -0.2) is 57.0 Å². The highest BCUT2D eigenvalue weighted by atomic mass is 35.5. The van der Waals surface area contributed by atoms with Crippen LogP contribution in [0.4, 0.5) is 17.1 Å². The Morgan fingerprint density at radius 2 is 1.88 bits per heavy atom. The van der Waals surface area contributed by atoms with Gasteiger partial charge in [-0.25, -0.2) is 0 Å². The van der Waals surface area contributed by atoms with Gasteiger partial charge in [0.05, 0.1) is 6.54 Å². The number of anilines is 3. The number of carbonyl (C=O) groups is 2. The van der Waals surface area contributed by atoms with E-state index in [9.17, 15) is 9.59 Å². The van der Waals surface area contributed by atoms with Crippen molar-refractivity contribution >= 4 is 41.0 Å². The molecule has 0 unspecified atom stereocenters. The van der Waals surface area contributed by atoms with Gasteiger partial charge in [0.25, 0.3) is 0 Å². The zero-order chi connectivity index (χ0) is 24.2. The molecule has 1 heterocycles. The van der Waals surface area contributed by atoms with Crippen molar-refractivity contribution in [3.63, 3.8) is 0 Å². The lowest BCUT2D eigenvalue weighted by Gasteiger charge is -2.24. The Morgan fingerprint density at radius 3 is 2.58 bits per heavy atom. The quantitative estimate of drug-likeness (QED) is 0.503. The number of nitrogens with one attached hydrogen (secondary N) is 3. The van der Waals surface area contributed by atoms with E-state index in [4.69, 9.17) is 11.6 Å². The fourth-order valence-corrected chi connectivity index (χ4v) is 3.90. The minimum Gasteiger partial charge on any atom is -0.388 e. The summed E-state index contributed by atoms with van der Waals surface area (Å²) in [4.78, 5) is 27.7. The van der Waals surface area contributed by atoms with Crippen LogP contribution in [0.5, 0.6) is 0 Å². The van der Waals surface area contributed by atoms with Gasteiger partial charge in [-0.1, -0.05) is 25.4 Å². The van der Waals surface area contributed by atoms with Crippen molar-refractivity contribution in [3.05, 3.63) is 52.5 Å². The van der Waals surface area contributed by atoms with Crippen LogP contribution >= 0.6 is 11.6 Å². The highest BCUT2D eigenvalue weighted by molar-refractivity contribution is 6.31. The second kappa shape index (κ2) is 13.6. The van der Waals surface area contributed by atoms with E-state index in [0.717, 1.165) is 59.3 Å². The number of carbonyl (C=O) groups excluding carboxylic acids is 2. The monoisotopic (exact) mass is 473 g/mol. The Hall–Kier alpha value is -2.93. The van der Waals surface area contributed by atoms with Gasteiger partial charge in [0, 0.05) is 61.9 Å². The second-order valence-corrected chi connectivity index (χ2v) is 8.04. The predicted molar refractivity (Wildman–Crippen MR) is 138 cm³/mol. The number of aryl methyl sites for hydroxylation is 1. The molecule has 7 nitrogen and oxygen atoms in total. The molecule has 3 N–H and O–H groups in total. The van der Waals surface area contributed by atoms with Crippen LogP contribution in [0, 0.1) is 6.92 Å². The molecular weight excluding hydrogens is 438 g/mol. The minimum absolute atomic E-state index is 0.0828. The SMILES string of the molecule is CC.CNc1ccc(NCC(=O)N2CCCN(c3ccc(Cl)c(C)c3)CC2)cc1CNC=O. The van der Waals surface area contributed by atoms with Crippen LogP contribution in [-0.2, 0) is 16.1 Å². The molecule has 1 aliphatic heterocycles. The first-order valence-corrected chi connectivity index (χ1v) is 11.9. The molecule has 0 saturated carbocycles. The smallest absolute Gasteiger partial charge is 0.241 e. The van der Waals surface area contributed by atoms with Crippen LogP contribution in [0.3, 0.4) is 0 Å². The van der Waals surface area contributed by atoms with Gasteiger partial charge in [0.15, 0.2) is 0 Å². The van der Waals surface area contributed by atoms with Gasteiger partial charge in [-0.15, -0.1) is 0 Å². The summed E-state index contributed by atoms with van der Waals surface area (Å²) < 4.78 is 0. The molecule has 0 aromatic heterocycles. The maximum atomic E-state index is 12.8. The second-order valence-electron chi connectivity index (χ2n) is 7.63. The molecule has 0 bridgehead atoms. The van der Waals surface area contributed by atoms with Gasteiger partial charge < -0.3 is 25.8 Å². The lowest BCUT2D eigenvalue weighted by Crippen LogP contribution is -2.38. The first-order valence-electron chi connectivity index (χ1n) is 11.5. The van der Waals surface area contributed by atoms with Crippen LogP contribution in [0.2, 0.25) is 5.02 Å². The molecule has 0 radical (unpaired) electrons. The number of nitrogens with zero attached hydrogens (tertiary/aromatic N) is 2. The Labute approximate surface area is 202 Å². The van der Waals surface area contributed by atoms with Gasteiger partial charge in [0.2, 0.25) is 12.3 Å². The van der Waals surface area contributed by atoms with E-state index >= 15 is 0 Å². The number of rotatable bonds is 8. The predicted octanol–water partition coefficient (Wildman–Crippen LogP) is 4.11. The summed E-state index contributed by atoms with van der Waals surface area (Å²) in [5.74, 6) is 0.0828. The van der Waals surface area contributed by atoms with Crippen molar-refractivity contribution in [1.82, 2.24) is 10.2 Å². The van der Waals surface area contributed by atoms with Crippen LogP contribution < -0.4 is 20.9 Å². The van der Waals surface area contributed by atoms with Crippen LogP contribution in [0.15, 0.2) is 36.4 Å². The van der Waals surface area contributed by atoms with Gasteiger partial charge in [-0.05, 0) is 60.9 Å². The summed E-state index contributed by atoms with van der Waals surface area (Å²) in [7, 11) is 1.84. The van der Waals surface area contributed by atoms with Crippen LogP contribution in [0.1, 0.15) is 31.4 Å². The Kier molecular flexibility index (Phi) is 10.8. The number of benzene rings is 2. The molecule has 8 heteroatoms. The molecule has 180 valence electrons. The molecule has 2 aromatic rings. The highest BCUT2D eigenvalue weighted by Crippen LogP contribution is 2.24. The molecule has 0 spiro atoms. The lowest BCUT2D eigenvalue weighted by atomic mass is 10.1. The first-order chi connectivity index (χ1) is 16.0. The fourth-order valence-electron chi connectivity index (χ4n) is 3.79. The number of halogens is 1. The first kappa shape index (κ1) is 26.3. The zero-order valence-corrected chi connectivity index (χ0v) is 20.8. The third-order valence-electron chi connectivity index (χ3n) is 5.55. The van der Waals surface area contributed by atoms with E-state index in [0.29, 0.717) is 19.5 Å². The van der Waals surface area contributed by atoms with Gasteiger partial charge in [-0.3, -0.25) is 9.59 Å². The molecule has 0 atom stereocenters. The van der Waals surface area contributed by atoms with E-state index < -0.39 is 0 Å². The average Bonchev–Trinajstić information content (AvgIpc) is 3.10. The van der Waals surface area contributed by atoms with Gasteiger partial charge >= 0.3 is 0 Å². The van der Waals surface area contributed by atoms with Crippen molar-refractivity contribution in [1.29, 1.82) is 0 Å². The van der Waals surface area contributed by atoms with Crippen LogP contribution in [0.25, 0.3) is 0 Å². The van der Waals surface area contributed by atoms with E-state index in [1.807, 2.05) is 63.1 Å². The molecule has 3 rings (SSSR count). The highest BCUT2D eigenvalue weighted by Gasteiger charge is 2.19.